The van der Waals surface area contributed by atoms with Crippen molar-refractivity contribution in [2.75, 3.05) is 24.6 Å². The van der Waals surface area contributed by atoms with Gasteiger partial charge in [-0.2, -0.15) is 0 Å². The van der Waals surface area contributed by atoms with Crippen LogP contribution in [0.25, 0.3) is 0 Å². The number of halogens is 1. The fourth-order valence-electron chi connectivity index (χ4n) is 3.42. The number of nitrogens with one attached hydrogen (secondary N) is 1. The van der Waals surface area contributed by atoms with E-state index in [4.69, 9.17) is 0 Å². The standard InChI is InChI=1S/C17H25FN4O3/c1-2-6-20(9-12-4-3-5-12)10-13-7-14(18)17(15(23)8-13)21-11-16(24)19-22(21)25/h7-8,12,23,25H,2-6,9-11H2,1H3,(H,19,24). The van der Waals surface area contributed by atoms with E-state index in [1.54, 1.807) is 0 Å². The third-order valence-corrected chi connectivity index (χ3v) is 4.80. The molecular formula is C17H25FN4O3. The molecular weight excluding hydrogens is 327 g/mol. The Morgan fingerprint density at radius 1 is 1.40 bits per heavy atom. The minimum atomic E-state index is -0.675. The number of anilines is 1. The lowest BCUT2D eigenvalue weighted by molar-refractivity contribution is -0.144. The quantitative estimate of drug-likeness (QED) is 0.697. The van der Waals surface area contributed by atoms with E-state index in [1.165, 1.54) is 31.4 Å². The smallest absolute Gasteiger partial charge is 0.258 e. The summed E-state index contributed by atoms with van der Waals surface area (Å²) in [4.78, 5) is 13.6. The van der Waals surface area contributed by atoms with Gasteiger partial charge in [0.05, 0.1) is 0 Å². The van der Waals surface area contributed by atoms with Crippen molar-refractivity contribution in [1.82, 2.24) is 15.6 Å². The average Bonchev–Trinajstić information content (AvgIpc) is 2.81. The maximum absolute atomic E-state index is 14.5. The second-order valence-corrected chi connectivity index (χ2v) is 6.86. The highest BCUT2D eigenvalue weighted by Crippen LogP contribution is 2.34. The average molecular weight is 352 g/mol. The number of rotatable bonds is 7. The Morgan fingerprint density at radius 3 is 2.68 bits per heavy atom. The van der Waals surface area contributed by atoms with Crippen LogP contribution in [0, 0.1) is 11.7 Å². The zero-order valence-corrected chi connectivity index (χ0v) is 14.4. The van der Waals surface area contributed by atoms with E-state index in [-0.39, 0.29) is 18.0 Å². The van der Waals surface area contributed by atoms with Crippen LogP contribution in [0.15, 0.2) is 12.1 Å². The molecule has 1 aromatic rings. The summed E-state index contributed by atoms with van der Waals surface area (Å²) in [5.74, 6) is -0.745. The van der Waals surface area contributed by atoms with E-state index in [0.29, 0.717) is 23.3 Å². The molecule has 0 unspecified atom stereocenters. The van der Waals surface area contributed by atoms with E-state index >= 15 is 0 Å². The van der Waals surface area contributed by atoms with Gasteiger partial charge >= 0.3 is 0 Å². The summed E-state index contributed by atoms with van der Waals surface area (Å²) < 4.78 is 14.5. The molecule has 0 bridgehead atoms. The lowest BCUT2D eigenvalue weighted by atomic mass is 9.85. The Kier molecular flexibility index (Phi) is 5.41. The Labute approximate surface area is 146 Å². The molecule has 3 rings (SSSR count). The second-order valence-electron chi connectivity index (χ2n) is 6.86. The van der Waals surface area contributed by atoms with Gasteiger partial charge in [-0.15, -0.1) is 0 Å². The lowest BCUT2D eigenvalue weighted by Crippen LogP contribution is -2.39. The highest BCUT2D eigenvalue weighted by molar-refractivity contribution is 5.84. The van der Waals surface area contributed by atoms with E-state index in [0.717, 1.165) is 24.5 Å². The molecule has 2 aliphatic rings. The molecule has 1 heterocycles. The minimum absolute atomic E-state index is 0.217. The summed E-state index contributed by atoms with van der Waals surface area (Å²) in [7, 11) is 0. The van der Waals surface area contributed by atoms with Crippen LogP contribution in [0.1, 0.15) is 38.2 Å². The summed E-state index contributed by atoms with van der Waals surface area (Å²) in [6, 6.07) is 2.85. The van der Waals surface area contributed by atoms with Crippen molar-refractivity contribution < 1.29 is 19.5 Å². The number of amides is 1. The van der Waals surface area contributed by atoms with Crippen LogP contribution < -0.4 is 10.4 Å². The number of nitrogens with zero attached hydrogens (tertiary/aromatic N) is 3. The van der Waals surface area contributed by atoms with Gasteiger partial charge in [0.15, 0.2) is 5.82 Å². The van der Waals surface area contributed by atoms with Crippen LogP contribution >= 0.6 is 0 Å². The van der Waals surface area contributed by atoms with Gasteiger partial charge < -0.3 is 5.11 Å². The molecule has 1 aromatic carbocycles. The molecule has 0 aromatic heterocycles. The molecule has 2 fully saturated rings. The summed E-state index contributed by atoms with van der Waals surface area (Å²) >= 11 is 0. The third kappa shape index (κ3) is 4.02. The topological polar surface area (TPSA) is 79.3 Å². The predicted octanol–water partition coefficient (Wildman–Crippen LogP) is 2.00. The van der Waals surface area contributed by atoms with Crippen molar-refractivity contribution >= 4 is 11.6 Å². The number of hydrogen-bond acceptors (Lipinski definition) is 6. The molecule has 25 heavy (non-hydrogen) atoms. The van der Waals surface area contributed by atoms with Gasteiger partial charge in [0.25, 0.3) is 5.91 Å². The van der Waals surface area contributed by atoms with Gasteiger partial charge in [-0.3, -0.25) is 14.9 Å². The van der Waals surface area contributed by atoms with Gasteiger partial charge in [-0.05, 0) is 54.7 Å². The van der Waals surface area contributed by atoms with Gasteiger partial charge in [0.1, 0.15) is 18.0 Å². The lowest BCUT2D eigenvalue weighted by Gasteiger charge is -2.32. The highest BCUT2D eigenvalue weighted by Gasteiger charge is 2.31. The van der Waals surface area contributed by atoms with Crippen molar-refractivity contribution in [3.05, 3.63) is 23.5 Å². The van der Waals surface area contributed by atoms with Gasteiger partial charge in [-0.1, -0.05) is 13.3 Å². The zero-order chi connectivity index (χ0) is 18.0. The summed E-state index contributed by atoms with van der Waals surface area (Å²) in [5, 5.41) is 21.2. The molecule has 7 nitrogen and oxygen atoms in total. The first-order valence-corrected chi connectivity index (χ1v) is 8.77. The number of carbonyl (C=O) groups excluding carboxylic acids is 1. The molecule has 1 aliphatic carbocycles. The number of aromatic hydroxyl groups is 1. The van der Waals surface area contributed by atoms with Gasteiger partial charge in [-0.25, -0.2) is 14.8 Å². The van der Waals surface area contributed by atoms with Crippen molar-refractivity contribution in [2.24, 2.45) is 5.92 Å². The van der Waals surface area contributed by atoms with Crippen LogP contribution in [-0.2, 0) is 11.3 Å². The molecule has 0 atom stereocenters. The second kappa shape index (κ2) is 7.55. The third-order valence-electron chi connectivity index (χ3n) is 4.80. The maximum Gasteiger partial charge on any atom is 0.258 e. The molecule has 138 valence electrons. The molecule has 8 heteroatoms. The first-order chi connectivity index (χ1) is 12.0. The maximum atomic E-state index is 14.5. The highest BCUT2D eigenvalue weighted by atomic mass is 19.1. The van der Waals surface area contributed by atoms with E-state index < -0.39 is 11.7 Å². The Bertz CT molecular complexity index is 615. The molecule has 0 radical (unpaired) electrons. The summed E-state index contributed by atoms with van der Waals surface area (Å²) in [6.07, 6.45) is 4.80. The van der Waals surface area contributed by atoms with E-state index in [1.807, 2.05) is 0 Å². The predicted molar refractivity (Wildman–Crippen MR) is 90.1 cm³/mol. The Balaban J connectivity index is 1.75. The van der Waals surface area contributed by atoms with E-state index in [2.05, 4.69) is 17.2 Å². The molecule has 1 aliphatic heterocycles. The SMILES string of the molecule is CCCN(Cc1cc(O)c(N2CC(=O)NN2O)c(F)c1)CC1CCC1. The molecule has 1 saturated heterocycles. The first kappa shape index (κ1) is 17.9. The molecule has 0 spiro atoms. The fraction of sp³-hybridized carbons (Fsp3) is 0.588. The van der Waals surface area contributed by atoms with Gasteiger partial charge in [0, 0.05) is 13.1 Å². The van der Waals surface area contributed by atoms with E-state index in [9.17, 15) is 19.5 Å². The number of benzene rings is 1. The molecule has 1 saturated carbocycles. The number of carbonyl (C=O) groups is 1. The number of phenols is 1. The molecule has 3 N–H and O–H groups in total. The van der Waals surface area contributed by atoms with Crippen LogP contribution in [0.2, 0.25) is 0 Å². The van der Waals surface area contributed by atoms with Crippen molar-refractivity contribution in [1.29, 1.82) is 0 Å². The Hall–Kier alpha value is -1.90. The minimum Gasteiger partial charge on any atom is -0.506 e. The largest absolute Gasteiger partial charge is 0.506 e. The monoisotopic (exact) mass is 352 g/mol. The van der Waals surface area contributed by atoms with Crippen molar-refractivity contribution in [3.8, 4) is 5.75 Å². The summed E-state index contributed by atoms with van der Waals surface area (Å²) in [6.45, 7) is 4.34. The number of hydrazine groups is 2. The van der Waals surface area contributed by atoms with Crippen LogP contribution in [0.4, 0.5) is 10.1 Å². The van der Waals surface area contributed by atoms with Crippen molar-refractivity contribution in [3.63, 3.8) is 0 Å². The molecule has 1 amide bonds. The normalized spacial score (nSPS) is 18.7. The van der Waals surface area contributed by atoms with Crippen LogP contribution in [0.5, 0.6) is 5.75 Å². The Morgan fingerprint density at radius 2 is 2.16 bits per heavy atom. The number of phenolic OH excluding ortho intramolecular Hbond substituents is 1. The van der Waals surface area contributed by atoms with Crippen molar-refractivity contribution in [2.45, 2.75) is 39.2 Å². The van der Waals surface area contributed by atoms with Crippen LogP contribution in [0.3, 0.4) is 0 Å². The summed E-state index contributed by atoms with van der Waals surface area (Å²) in [5.41, 5.74) is 2.57. The zero-order valence-electron chi connectivity index (χ0n) is 14.4. The van der Waals surface area contributed by atoms with Crippen LogP contribution in [-0.4, -0.2) is 46.0 Å². The van der Waals surface area contributed by atoms with Gasteiger partial charge in [0.2, 0.25) is 0 Å². The number of hydrogen-bond donors (Lipinski definition) is 3. The fourth-order valence-corrected chi connectivity index (χ4v) is 3.42. The first-order valence-electron chi connectivity index (χ1n) is 8.77.